The quantitative estimate of drug-likeness (QED) is 0.861. The van der Waals surface area contributed by atoms with Crippen LogP contribution in [0.15, 0.2) is 24.3 Å². The highest BCUT2D eigenvalue weighted by Gasteiger charge is 2.22. The van der Waals surface area contributed by atoms with E-state index in [9.17, 15) is 0 Å². The molecule has 0 aromatic heterocycles. The molecule has 1 aromatic rings. The summed E-state index contributed by atoms with van der Waals surface area (Å²) >= 11 is 2.15. The lowest BCUT2D eigenvalue weighted by atomic mass is 9.99. The molecule has 0 aliphatic carbocycles. The largest absolute Gasteiger partial charge is 0.497 e. The molecule has 1 aromatic carbocycles. The molecule has 2 nitrogen and oxygen atoms in total. The Morgan fingerprint density at radius 1 is 1.32 bits per heavy atom. The van der Waals surface area contributed by atoms with Crippen LogP contribution in [-0.2, 0) is 6.42 Å². The molecule has 2 atom stereocenters. The average Bonchev–Trinajstić information content (AvgIpc) is 2.49. The molecule has 0 bridgehead atoms. The molecule has 1 N–H and O–H groups in total. The summed E-state index contributed by atoms with van der Waals surface area (Å²) in [4.78, 5) is 0. The van der Waals surface area contributed by atoms with Gasteiger partial charge in [0, 0.05) is 11.3 Å². The minimum Gasteiger partial charge on any atom is -0.497 e. The van der Waals surface area contributed by atoms with Crippen LogP contribution in [0.2, 0.25) is 0 Å². The molecule has 0 radical (unpaired) electrons. The number of thioether (sulfide) groups is 1. The molecule has 0 amide bonds. The first-order chi connectivity index (χ1) is 9.33. The fourth-order valence-corrected chi connectivity index (χ4v) is 4.22. The lowest BCUT2D eigenvalue weighted by molar-refractivity contribution is 0.414. The van der Waals surface area contributed by atoms with Gasteiger partial charge in [-0.2, -0.15) is 11.8 Å². The maximum Gasteiger partial charge on any atom is 0.118 e. The summed E-state index contributed by atoms with van der Waals surface area (Å²) < 4.78 is 5.20. The third-order valence-corrected chi connectivity index (χ3v) is 5.45. The van der Waals surface area contributed by atoms with Crippen LogP contribution in [0.25, 0.3) is 0 Å². The molecule has 1 aliphatic rings. The molecule has 1 fully saturated rings. The second-order valence-corrected chi connectivity index (χ2v) is 6.53. The van der Waals surface area contributed by atoms with E-state index < -0.39 is 0 Å². The SMILES string of the molecule is CNC(CCc1ccc(OC)cc1)C1CCCCS1. The zero-order valence-corrected chi connectivity index (χ0v) is 12.8. The van der Waals surface area contributed by atoms with Crippen molar-refractivity contribution in [1.82, 2.24) is 5.32 Å². The van der Waals surface area contributed by atoms with E-state index in [2.05, 4.69) is 48.4 Å². The van der Waals surface area contributed by atoms with Crippen molar-refractivity contribution in [3.63, 3.8) is 0 Å². The van der Waals surface area contributed by atoms with Crippen molar-refractivity contribution in [3.8, 4) is 5.75 Å². The summed E-state index contributed by atoms with van der Waals surface area (Å²) in [6.07, 6.45) is 6.54. The van der Waals surface area contributed by atoms with E-state index in [1.807, 2.05) is 0 Å². The highest BCUT2D eigenvalue weighted by atomic mass is 32.2. The Labute approximate surface area is 121 Å². The number of hydrogen-bond donors (Lipinski definition) is 1. The average molecular weight is 279 g/mol. The Morgan fingerprint density at radius 3 is 2.68 bits per heavy atom. The normalized spacial score (nSPS) is 21.1. The summed E-state index contributed by atoms with van der Waals surface area (Å²) in [6.45, 7) is 0. The van der Waals surface area contributed by atoms with Gasteiger partial charge < -0.3 is 10.1 Å². The zero-order chi connectivity index (χ0) is 13.5. The third kappa shape index (κ3) is 4.43. The Kier molecular flexibility index (Phi) is 6.05. The molecular weight excluding hydrogens is 254 g/mol. The fourth-order valence-electron chi connectivity index (χ4n) is 2.71. The van der Waals surface area contributed by atoms with Gasteiger partial charge >= 0.3 is 0 Å². The van der Waals surface area contributed by atoms with E-state index in [0.717, 1.165) is 17.4 Å². The molecule has 0 saturated carbocycles. The van der Waals surface area contributed by atoms with Crippen molar-refractivity contribution in [2.75, 3.05) is 19.9 Å². The molecule has 1 heterocycles. The molecule has 2 unspecified atom stereocenters. The van der Waals surface area contributed by atoms with Gasteiger partial charge in [0.25, 0.3) is 0 Å². The monoisotopic (exact) mass is 279 g/mol. The Bertz CT molecular complexity index is 360. The number of hydrogen-bond acceptors (Lipinski definition) is 3. The summed E-state index contributed by atoms with van der Waals surface area (Å²) in [5.74, 6) is 2.28. The number of methoxy groups -OCH3 is 1. The third-order valence-electron chi connectivity index (χ3n) is 3.94. The first-order valence-electron chi connectivity index (χ1n) is 7.25. The number of rotatable bonds is 6. The molecule has 2 rings (SSSR count). The second kappa shape index (κ2) is 7.81. The van der Waals surface area contributed by atoms with E-state index in [4.69, 9.17) is 4.74 Å². The molecule has 1 saturated heterocycles. The predicted octanol–water partition coefficient (Wildman–Crippen LogP) is 3.50. The van der Waals surface area contributed by atoms with Crippen LogP contribution in [0.4, 0.5) is 0 Å². The second-order valence-electron chi connectivity index (χ2n) is 5.19. The van der Waals surface area contributed by atoms with Gasteiger partial charge in [-0.25, -0.2) is 0 Å². The zero-order valence-electron chi connectivity index (χ0n) is 12.0. The van der Waals surface area contributed by atoms with E-state index in [0.29, 0.717) is 6.04 Å². The molecule has 1 aliphatic heterocycles. The van der Waals surface area contributed by atoms with Gasteiger partial charge in [0.1, 0.15) is 5.75 Å². The van der Waals surface area contributed by atoms with E-state index in [-0.39, 0.29) is 0 Å². The maximum absolute atomic E-state index is 5.20. The van der Waals surface area contributed by atoms with Crippen molar-refractivity contribution >= 4 is 11.8 Å². The number of ether oxygens (including phenoxy) is 1. The van der Waals surface area contributed by atoms with Gasteiger partial charge in [-0.15, -0.1) is 0 Å². The lowest BCUT2D eigenvalue weighted by Gasteiger charge is -2.29. The highest BCUT2D eigenvalue weighted by molar-refractivity contribution is 8.00. The summed E-state index contributed by atoms with van der Waals surface area (Å²) in [7, 11) is 3.82. The van der Waals surface area contributed by atoms with Crippen LogP contribution in [0.1, 0.15) is 31.2 Å². The number of aryl methyl sites for hydroxylation is 1. The van der Waals surface area contributed by atoms with E-state index in [1.165, 1.54) is 37.0 Å². The maximum atomic E-state index is 5.20. The Balaban J connectivity index is 1.84. The topological polar surface area (TPSA) is 21.3 Å². The predicted molar refractivity (Wildman–Crippen MR) is 84.3 cm³/mol. The van der Waals surface area contributed by atoms with Gasteiger partial charge in [0.05, 0.1) is 7.11 Å². The van der Waals surface area contributed by atoms with Gasteiger partial charge in [-0.1, -0.05) is 18.6 Å². The summed E-state index contributed by atoms with van der Waals surface area (Å²) in [5.41, 5.74) is 1.40. The van der Waals surface area contributed by atoms with E-state index in [1.54, 1.807) is 7.11 Å². The summed E-state index contributed by atoms with van der Waals surface area (Å²) in [5, 5.41) is 4.32. The van der Waals surface area contributed by atoms with Crippen molar-refractivity contribution in [1.29, 1.82) is 0 Å². The Morgan fingerprint density at radius 2 is 2.11 bits per heavy atom. The molecule has 3 heteroatoms. The first kappa shape index (κ1) is 14.7. The number of nitrogens with one attached hydrogen (secondary N) is 1. The number of benzene rings is 1. The van der Waals surface area contributed by atoms with Gasteiger partial charge in [-0.3, -0.25) is 0 Å². The van der Waals surface area contributed by atoms with Crippen LogP contribution in [0.3, 0.4) is 0 Å². The fraction of sp³-hybridized carbons (Fsp3) is 0.625. The standard InChI is InChI=1S/C16H25NOS/c1-17-15(16-5-3-4-12-19-16)11-8-13-6-9-14(18-2)10-7-13/h6-7,9-10,15-17H,3-5,8,11-12H2,1-2H3. The summed E-state index contributed by atoms with van der Waals surface area (Å²) in [6, 6.07) is 9.12. The van der Waals surface area contributed by atoms with E-state index >= 15 is 0 Å². The van der Waals surface area contributed by atoms with Crippen molar-refractivity contribution in [2.45, 2.75) is 43.4 Å². The van der Waals surface area contributed by atoms with Crippen molar-refractivity contribution < 1.29 is 4.74 Å². The van der Waals surface area contributed by atoms with Crippen molar-refractivity contribution in [3.05, 3.63) is 29.8 Å². The lowest BCUT2D eigenvalue weighted by Crippen LogP contribution is -2.37. The van der Waals surface area contributed by atoms with Crippen LogP contribution < -0.4 is 10.1 Å². The smallest absolute Gasteiger partial charge is 0.118 e. The highest BCUT2D eigenvalue weighted by Crippen LogP contribution is 2.29. The first-order valence-corrected chi connectivity index (χ1v) is 8.30. The Hall–Kier alpha value is -0.670. The molecule has 0 spiro atoms. The van der Waals surface area contributed by atoms with Gasteiger partial charge in [0.15, 0.2) is 0 Å². The van der Waals surface area contributed by atoms with Gasteiger partial charge in [0.2, 0.25) is 0 Å². The molecular formula is C16H25NOS. The van der Waals surface area contributed by atoms with Crippen LogP contribution in [-0.4, -0.2) is 31.2 Å². The van der Waals surface area contributed by atoms with Crippen LogP contribution in [0, 0.1) is 0 Å². The minimum absolute atomic E-state index is 0.646. The van der Waals surface area contributed by atoms with Gasteiger partial charge in [-0.05, 0) is 56.2 Å². The molecule has 19 heavy (non-hydrogen) atoms. The van der Waals surface area contributed by atoms with Crippen molar-refractivity contribution in [2.24, 2.45) is 0 Å². The van der Waals surface area contributed by atoms with Crippen LogP contribution in [0.5, 0.6) is 5.75 Å². The van der Waals surface area contributed by atoms with Crippen LogP contribution >= 0.6 is 11.8 Å². The molecule has 106 valence electrons. The minimum atomic E-state index is 0.646.